The molecule has 0 N–H and O–H groups in total. The number of halogens is 1. The second kappa shape index (κ2) is 10.9. The quantitative estimate of drug-likeness (QED) is 0.212. The van der Waals surface area contributed by atoms with Crippen molar-refractivity contribution in [2.45, 2.75) is 63.9 Å². The summed E-state index contributed by atoms with van der Waals surface area (Å²) in [5.41, 5.74) is 6.75. The third-order valence-electron chi connectivity index (χ3n) is 9.94. The Bertz CT molecular complexity index is 1610. The van der Waals surface area contributed by atoms with E-state index in [-0.39, 0.29) is 23.1 Å². The van der Waals surface area contributed by atoms with Gasteiger partial charge in [-0.15, -0.1) is 0 Å². The number of hydrogen-bond acceptors (Lipinski definition) is 4. The van der Waals surface area contributed by atoms with Gasteiger partial charge in [-0.25, -0.2) is 4.39 Å². The van der Waals surface area contributed by atoms with E-state index in [0.29, 0.717) is 24.0 Å². The van der Waals surface area contributed by atoms with E-state index in [1.54, 1.807) is 6.07 Å². The molecule has 1 saturated heterocycles. The van der Waals surface area contributed by atoms with E-state index < -0.39 is 0 Å². The standard InChI is InChI=1S/C36H38FNO4/c1-23-17-28(11-12-29(23)37)38-30-9-6-10-31(42-22-24-7-4-3-5-8-24)33(30)32(34(38)25-13-15-41-16-14-25)26-18-36(19-26)20-27(21-36)35(39)40-2/h3-12,17,25-27H,13-16,18-22H2,1-2H3. The number of esters is 1. The summed E-state index contributed by atoms with van der Waals surface area (Å²) >= 11 is 0. The van der Waals surface area contributed by atoms with Crippen molar-refractivity contribution in [1.82, 2.24) is 4.57 Å². The Hall–Kier alpha value is -3.64. The van der Waals surface area contributed by atoms with Crippen LogP contribution in [0.25, 0.3) is 16.6 Å². The van der Waals surface area contributed by atoms with Gasteiger partial charge in [-0.2, -0.15) is 0 Å². The Morgan fingerprint density at radius 2 is 1.74 bits per heavy atom. The first-order valence-electron chi connectivity index (χ1n) is 15.2. The number of aromatic nitrogens is 1. The van der Waals surface area contributed by atoms with Gasteiger partial charge in [0.05, 0.1) is 18.5 Å². The molecule has 0 radical (unpaired) electrons. The number of carbonyl (C=O) groups excluding carboxylic acids is 1. The molecule has 5 nitrogen and oxygen atoms in total. The zero-order valence-corrected chi connectivity index (χ0v) is 24.4. The minimum atomic E-state index is -0.194. The summed E-state index contributed by atoms with van der Waals surface area (Å²) in [6.07, 6.45) is 5.85. The van der Waals surface area contributed by atoms with Crippen LogP contribution in [0.2, 0.25) is 0 Å². The predicted molar refractivity (Wildman–Crippen MR) is 161 cm³/mol. The molecule has 3 fully saturated rings. The van der Waals surface area contributed by atoms with Crippen molar-refractivity contribution >= 4 is 16.9 Å². The maximum absolute atomic E-state index is 14.5. The second-order valence-electron chi connectivity index (χ2n) is 12.6. The molecule has 3 aliphatic rings. The molecule has 4 aromatic rings. The number of benzene rings is 3. The number of hydrogen-bond donors (Lipinski definition) is 0. The van der Waals surface area contributed by atoms with Crippen LogP contribution in [0.1, 0.15) is 72.7 Å². The minimum absolute atomic E-state index is 0.0270. The predicted octanol–water partition coefficient (Wildman–Crippen LogP) is 8.00. The maximum atomic E-state index is 14.5. The van der Waals surface area contributed by atoms with Gasteiger partial charge < -0.3 is 18.8 Å². The fraction of sp³-hybridized carbons (Fsp3) is 0.417. The van der Waals surface area contributed by atoms with Crippen molar-refractivity contribution < 1.29 is 23.4 Å². The van der Waals surface area contributed by atoms with Crippen LogP contribution >= 0.6 is 0 Å². The van der Waals surface area contributed by atoms with Crippen molar-refractivity contribution in [1.29, 1.82) is 0 Å². The zero-order valence-electron chi connectivity index (χ0n) is 24.4. The van der Waals surface area contributed by atoms with Crippen LogP contribution in [-0.2, 0) is 20.9 Å². The number of rotatable bonds is 7. The van der Waals surface area contributed by atoms with Crippen molar-refractivity contribution in [2.24, 2.45) is 11.3 Å². The van der Waals surface area contributed by atoms with Gasteiger partial charge >= 0.3 is 5.97 Å². The van der Waals surface area contributed by atoms with Crippen LogP contribution in [0.5, 0.6) is 5.75 Å². The molecule has 1 aromatic heterocycles. The molecule has 7 rings (SSSR count). The average molecular weight is 568 g/mol. The number of aryl methyl sites for hydroxylation is 1. The summed E-state index contributed by atoms with van der Waals surface area (Å²) in [4.78, 5) is 12.2. The Labute approximate surface area is 246 Å². The van der Waals surface area contributed by atoms with Gasteiger partial charge in [0.25, 0.3) is 0 Å². The Morgan fingerprint density at radius 3 is 2.45 bits per heavy atom. The highest BCUT2D eigenvalue weighted by Gasteiger charge is 2.56. The Morgan fingerprint density at radius 1 is 0.976 bits per heavy atom. The number of nitrogens with zero attached hydrogens (tertiary/aromatic N) is 1. The van der Waals surface area contributed by atoms with Crippen molar-refractivity contribution in [3.63, 3.8) is 0 Å². The van der Waals surface area contributed by atoms with Gasteiger partial charge in [0.15, 0.2) is 0 Å². The van der Waals surface area contributed by atoms with Crippen molar-refractivity contribution in [2.75, 3.05) is 20.3 Å². The first-order chi connectivity index (χ1) is 20.5. The Kier molecular flexibility index (Phi) is 7.05. The monoisotopic (exact) mass is 567 g/mol. The number of fused-ring (bicyclic) bond motifs is 1. The lowest BCUT2D eigenvalue weighted by Gasteiger charge is -2.57. The summed E-state index contributed by atoms with van der Waals surface area (Å²) in [5.74, 6) is 1.34. The second-order valence-corrected chi connectivity index (χ2v) is 12.6. The van der Waals surface area contributed by atoms with E-state index in [4.69, 9.17) is 14.2 Å². The molecule has 6 heteroatoms. The molecule has 2 saturated carbocycles. The fourth-order valence-corrected chi connectivity index (χ4v) is 7.89. The lowest BCUT2D eigenvalue weighted by Crippen LogP contribution is -2.49. The normalized spacial score (nSPS) is 23.9. The summed E-state index contributed by atoms with van der Waals surface area (Å²) in [6, 6.07) is 22.1. The molecule has 42 heavy (non-hydrogen) atoms. The maximum Gasteiger partial charge on any atom is 0.308 e. The lowest BCUT2D eigenvalue weighted by molar-refractivity contribution is -0.159. The first kappa shape index (κ1) is 27.2. The van der Waals surface area contributed by atoms with E-state index >= 15 is 0 Å². The lowest BCUT2D eigenvalue weighted by atomic mass is 9.47. The summed E-state index contributed by atoms with van der Waals surface area (Å²) in [5, 5.41) is 1.17. The molecule has 0 amide bonds. The van der Waals surface area contributed by atoms with Crippen LogP contribution in [0.15, 0.2) is 66.7 Å². The molecule has 2 heterocycles. The minimum Gasteiger partial charge on any atom is -0.488 e. The van der Waals surface area contributed by atoms with Gasteiger partial charge in [0.1, 0.15) is 18.2 Å². The molecule has 218 valence electrons. The highest BCUT2D eigenvalue weighted by molar-refractivity contribution is 5.94. The fourth-order valence-electron chi connectivity index (χ4n) is 7.89. The van der Waals surface area contributed by atoms with Crippen molar-refractivity contribution in [3.8, 4) is 11.4 Å². The van der Waals surface area contributed by atoms with E-state index in [0.717, 1.165) is 74.3 Å². The number of methoxy groups -OCH3 is 1. The van der Waals surface area contributed by atoms with E-state index in [9.17, 15) is 9.18 Å². The van der Waals surface area contributed by atoms with Gasteiger partial charge in [0.2, 0.25) is 0 Å². The molecular formula is C36H38FNO4. The largest absolute Gasteiger partial charge is 0.488 e. The topological polar surface area (TPSA) is 49.7 Å². The number of ether oxygens (including phenoxy) is 3. The molecule has 2 aliphatic carbocycles. The zero-order chi connectivity index (χ0) is 28.8. The SMILES string of the molecule is COC(=O)C1CC2(C1)CC(c1c(C3CCOCC3)n(-c3ccc(F)c(C)c3)c3cccc(OCc4ccccc4)c13)C2. The first-order valence-corrected chi connectivity index (χ1v) is 15.2. The molecular weight excluding hydrogens is 529 g/mol. The van der Waals surface area contributed by atoms with Crippen LogP contribution in [0.4, 0.5) is 4.39 Å². The summed E-state index contributed by atoms with van der Waals surface area (Å²) < 4.78 is 34.3. The van der Waals surface area contributed by atoms with Gasteiger partial charge in [-0.1, -0.05) is 36.4 Å². The third-order valence-corrected chi connectivity index (χ3v) is 9.94. The van der Waals surface area contributed by atoms with E-state index in [2.05, 4.69) is 34.9 Å². The van der Waals surface area contributed by atoms with Crippen LogP contribution in [-0.4, -0.2) is 30.9 Å². The molecule has 1 aliphatic heterocycles. The third kappa shape index (κ3) is 4.70. The summed E-state index contributed by atoms with van der Waals surface area (Å²) in [7, 11) is 1.49. The van der Waals surface area contributed by atoms with E-state index in [1.807, 2.05) is 37.3 Å². The highest BCUT2D eigenvalue weighted by atomic mass is 19.1. The molecule has 0 unspecified atom stereocenters. The smallest absolute Gasteiger partial charge is 0.308 e. The number of carbonyl (C=O) groups is 1. The summed E-state index contributed by atoms with van der Waals surface area (Å²) in [6.45, 7) is 3.79. The van der Waals surface area contributed by atoms with Gasteiger partial charge in [-0.3, -0.25) is 4.79 Å². The molecule has 0 bridgehead atoms. The van der Waals surface area contributed by atoms with Gasteiger partial charge in [-0.05, 0) is 104 Å². The van der Waals surface area contributed by atoms with Crippen molar-refractivity contribution in [3.05, 3.63) is 94.9 Å². The van der Waals surface area contributed by atoms with Crippen LogP contribution in [0.3, 0.4) is 0 Å². The molecule has 0 atom stereocenters. The average Bonchev–Trinajstić information content (AvgIpc) is 3.32. The molecule has 1 spiro atoms. The molecule has 3 aromatic carbocycles. The van der Waals surface area contributed by atoms with Crippen LogP contribution in [0, 0.1) is 24.1 Å². The van der Waals surface area contributed by atoms with Crippen LogP contribution < -0.4 is 4.74 Å². The Balaban J connectivity index is 1.36. The van der Waals surface area contributed by atoms with E-state index in [1.165, 1.54) is 23.8 Å². The highest BCUT2D eigenvalue weighted by Crippen LogP contribution is 2.66. The van der Waals surface area contributed by atoms with Gasteiger partial charge in [0, 0.05) is 35.9 Å².